The number of carbonyl (C=O) groups is 1. The highest BCUT2D eigenvalue weighted by Crippen LogP contribution is 2.30. The summed E-state index contributed by atoms with van der Waals surface area (Å²) in [7, 11) is 1.68. The van der Waals surface area contributed by atoms with Crippen molar-refractivity contribution in [2.45, 2.75) is 32.5 Å². The summed E-state index contributed by atoms with van der Waals surface area (Å²) in [6, 6.07) is 16.1. The topological polar surface area (TPSA) is 66.9 Å². The van der Waals surface area contributed by atoms with Crippen LogP contribution < -0.4 is 10.2 Å². The number of aromatic nitrogens is 1. The number of amides is 1. The smallest absolute Gasteiger partial charge is 0.410 e. The lowest BCUT2D eigenvalue weighted by Crippen LogP contribution is -2.49. The Hall–Kier alpha value is -3.54. The number of halogens is 1. The van der Waals surface area contributed by atoms with Crippen LogP contribution in [0.2, 0.25) is 0 Å². The molecule has 0 radical (unpaired) electrons. The van der Waals surface area contributed by atoms with Crippen molar-refractivity contribution < 1.29 is 14.3 Å². The lowest BCUT2D eigenvalue weighted by Gasteiger charge is -2.35. The number of nitrogens with zero attached hydrogens (tertiary/aromatic N) is 3. The van der Waals surface area contributed by atoms with Gasteiger partial charge >= 0.3 is 6.09 Å². The van der Waals surface area contributed by atoms with Crippen LogP contribution in [0.15, 0.2) is 59.2 Å². The molecule has 3 heterocycles. The zero-order valence-electron chi connectivity index (χ0n) is 22.4. The van der Waals surface area contributed by atoms with E-state index < -0.39 is 0 Å². The summed E-state index contributed by atoms with van der Waals surface area (Å²) in [5.74, 6) is 6.80. The second-order valence-corrected chi connectivity index (χ2v) is 10.7. The first-order chi connectivity index (χ1) is 19.0. The van der Waals surface area contributed by atoms with Gasteiger partial charge in [-0.25, -0.2) is 4.79 Å². The molecular weight excluding hydrogens is 556 g/mol. The van der Waals surface area contributed by atoms with Crippen molar-refractivity contribution in [3.8, 4) is 11.8 Å². The second-order valence-electron chi connectivity index (χ2n) is 9.79. The van der Waals surface area contributed by atoms with Crippen LogP contribution in [0, 0.1) is 11.8 Å². The van der Waals surface area contributed by atoms with E-state index in [0.717, 1.165) is 57.6 Å². The summed E-state index contributed by atoms with van der Waals surface area (Å²) in [4.78, 5) is 21.4. The number of aryl methyl sites for hydroxylation is 1. The van der Waals surface area contributed by atoms with Gasteiger partial charge in [0.1, 0.15) is 6.61 Å². The average Bonchev–Trinajstić information content (AvgIpc) is 2.98. The monoisotopic (exact) mass is 588 g/mol. The Balaban J connectivity index is 1.31. The Morgan fingerprint density at radius 1 is 1.10 bits per heavy atom. The number of pyridine rings is 1. The fourth-order valence-corrected chi connectivity index (χ4v) is 5.43. The summed E-state index contributed by atoms with van der Waals surface area (Å²) < 4.78 is 12.2. The van der Waals surface area contributed by atoms with Crippen LogP contribution in [0.5, 0.6) is 0 Å². The highest BCUT2D eigenvalue weighted by molar-refractivity contribution is 9.10. The van der Waals surface area contributed by atoms with Crippen molar-refractivity contribution in [1.29, 1.82) is 0 Å². The Kier molecular flexibility index (Phi) is 8.70. The van der Waals surface area contributed by atoms with Gasteiger partial charge in [-0.1, -0.05) is 58.1 Å². The van der Waals surface area contributed by atoms with Crippen molar-refractivity contribution in [2.24, 2.45) is 0 Å². The maximum atomic E-state index is 12.6. The van der Waals surface area contributed by atoms with Crippen molar-refractivity contribution in [3.63, 3.8) is 0 Å². The predicted molar refractivity (Wildman–Crippen MR) is 157 cm³/mol. The third kappa shape index (κ3) is 6.55. The molecular formula is C31H33BrN4O3. The molecule has 202 valence electrons. The van der Waals surface area contributed by atoms with Crippen LogP contribution in [0.4, 0.5) is 16.2 Å². The van der Waals surface area contributed by atoms with Gasteiger partial charge in [0, 0.05) is 49.9 Å². The minimum atomic E-state index is -0.279. The quantitative estimate of drug-likeness (QED) is 0.382. The summed E-state index contributed by atoms with van der Waals surface area (Å²) in [6.07, 6.45) is 3.58. The molecule has 39 heavy (non-hydrogen) atoms. The van der Waals surface area contributed by atoms with Gasteiger partial charge in [-0.3, -0.25) is 4.98 Å². The van der Waals surface area contributed by atoms with E-state index in [1.807, 2.05) is 43.5 Å². The van der Waals surface area contributed by atoms with Crippen LogP contribution in [-0.4, -0.2) is 55.8 Å². The molecule has 8 heteroatoms. The van der Waals surface area contributed by atoms with E-state index >= 15 is 0 Å². The average molecular weight is 590 g/mol. The Morgan fingerprint density at radius 3 is 2.64 bits per heavy atom. The maximum Gasteiger partial charge on any atom is 0.410 e. The van der Waals surface area contributed by atoms with E-state index in [4.69, 9.17) is 14.5 Å². The number of hydrogen-bond donors (Lipinski definition) is 1. The van der Waals surface area contributed by atoms with E-state index in [1.54, 1.807) is 12.0 Å². The van der Waals surface area contributed by atoms with Crippen LogP contribution >= 0.6 is 15.9 Å². The standard InChI is InChI=1S/C31H33BrN4O3/c1-22(38-2)29-26(11-10-25-18-27(32)17-24-9-6-12-33-30(24)25)19-28(20-34-29)35-13-15-36(16-14-35)31(37)39-21-23-7-4-3-5-8-23/h3-5,7-8,17-20,22,33H,6,9,12-16,21H2,1-2H3/t22-/m0/s1. The summed E-state index contributed by atoms with van der Waals surface area (Å²) >= 11 is 3.65. The summed E-state index contributed by atoms with van der Waals surface area (Å²) in [5, 5.41) is 3.52. The number of fused-ring (bicyclic) bond motifs is 1. The van der Waals surface area contributed by atoms with Crippen molar-refractivity contribution in [2.75, 3.05) is 50.1 Å². The first-order valence-electron chi connectivity index (χ1n) is 13.3. The summed E-state index contributed by atoms with van der Waals surface area (Å²) in [5.41, 5.74) is 7.01. The number of rotatable bonds is 5. The highest BCUT2D eigenvalue weighted by Gasteiger charge is 2.24. The molecule has 1 saturated heterocycles. The zero-order chi connectivity index (χ0) is 27.2. The largest absolute Gasteiger partial charge is 0.445 e. The second kappa shape index (κ2) is 12.5. The minimum Gasteiger partial charge on any atom is -0.445 e. The maximum absolute atomic E-state index is 12.6. The van der Waals surface area contributed by atoms with Crippen LogP contribution in [-0.2, 0) is 22.5 Å². The molecule has 1 aromatic heterocycles. The predicted octanol–water partition coefficient (Wildman–Crippen LogP) is 5.77. The van der Waals surface area contributed by atoms with Gasteiger partial charge in [0.05, 0.1) is 34.9 Å². The van der Waals surface area contributed by atoms with Crippen LogP contribution in [0.1, 0.15) is 47.4 Å². The van der Waals surface area contributed by atoms with Crippen LogP contribution in [0.25, 0.3) is 0 Å². The van der Waals surface area contributed by atoms with E-state index in [2.05, 4.69) is 56.2 Å². The molecule has 5 rings (SSSR count). The number of anilines is 2. The van der Waals surface area contributed by atoms with E-state index in [9.17, 15) is 4.79 Å². The first kappa shape index (κ1) is 27.0. The summed E-state index contributed by atoms with van der Waals surface area (Å²) in [6.45, 7) is 5.77. The molecule has 3 aromatic rings. The highest BCUT2D eigenvalue weighted by atomic mass is 79.9. The molecule has 2 aliphatic rings. The molecule has 1 atom stereocenters. The van der Waals surface area contributed by atoms with Gasteiger partial charge in [-0.05, 0) is 49.1 Å². The minimum absolute atomic E-state index is 0.186. The molecule has 0 bridgehead atoms. The van der Waals surface area contributed by atoms with Gasteiger partial charge in [0.25, 0.3) is 0 Å². The van der Waals surface area contributed by atoms with Crippen LogP contribution in [0.3, 0.4) is 0 Å². The molecule has 0 saturated carbocycles. The molecule has 1 amide bonds. The van der Waals surface area contributed by atoms with E-state index in [1.165, 1.54) is 5.56 Å². The van der Waals surface area contributed by atoms with Gasteiger partial charge in [0.2, 0.25) is 0 Å². The number of benzene rings is 2. The number of hydrogen-bond acceptors (Lipinski definition) is 6. The molecule has 0 aliphatic carbocycles. The SMILES string of the molecule is CO[C@@H](C)c1ncc(N2CCN(C(=O)OCc3ccccc3)CC2)cc1C#Cc1cc(Br)cc2c1NCCC2. The lowest BCUT2D eigenvalue weighted by molar-refractivity contribution is 0.0941. The van der Waals surface area contributed by atoms with Gasteiger partial charge in [-0.2, -0.15) is 0 Å². The van der Waals surface area contributed by atoms with E-state index in [0.29, 0.717) is 26.2 Å². The number of carbonyl (C=O) groups excluding carboxylic acids is 1. The number of piperazine rings is 1. The van der Waals surface area contributed by atoms with Gasteiger partial charge in [-0.15, -0.1) is 0 Å². The van der Waals surface area contributed by atoms with Gasteiger partial charge in [0.15, 0.2) is 0 Å². The van der Waals surface area contributed by atoms with Crippen molar-refractivity contribution in [3.05, 3.63) is 87.1 Å². The Morgan fingerprint density at radius 2 is 1.87 bits per heavy atom. The first-order valence-corrected chi connectivity index (χ1v) is 14.1. The number of ether oxygens (including phenoxy) is 2. The fraction of sp³-hybridized carbons (Fsp3) is 0.355. The van der Waals surface area contributed by atoms with E-state index in [-0.39, 0.29) is 18.8 Å². The molecule has 1 N–H and O–H groups in total. The zero-order valence-corrected chi connectivity index (χ0v) is 24.0. The molecule has 1 fully saturated rings. The third-order valence-corrected chi connectivity index (χ3v) is 7.65. The number of methoxy groups -OCH3 is 1. The molecule has 2 aliphatic heterocycles. The fourth-order valence-electron chi connectivity index (χ4n) is 4.93. The Bertz CT molecular complexity index is 1380. The third-order valence-electron chi connectivity index (χ3n) is 7.19. The molecule has 0 spiro atoms. The van der Waals surface area contributed by atoms with Crippen molar-refractivity contribution >= 4 is 33.4 Å². The molecule has 0 unspecified atom stereocenters. The van der Waals surface area contributed by atoms with Gasteiger partial charge < -0.3 is 24.6 Å². The lowest BCUT2D eigenvalue weighted by atomic mass is 9.99. The van der Waals surface area contributed by atoms with Crippen molar-refractivity contribution in [1.82, 2.24) is 9.88 Å². The molecule has 2 aromatic carbocycles. The normalized spacial score (nSPS) is 15.5. The molecule has 7 nitrogen and oxygen atoms in total. The number of nitrogens with one attached hydrogen (secondary N) is 1. The Labute approximate surface area is 238 Å².